The molecular formula is C31H34F3N7O2. The van der Waals surface area contributed by atoms with Crippen molar-refractivity contribution in [3.05, 3.63) is 83.7 Å². The number of nitrogens with one attached hydrogen (secondary N) is 2. The number of anilines is 3. The van der Waals surface area contributed by atoms with Crippen molar-refractivity contribution in [2.24, 2.45) is 0 Å². The third kappa shape index (κ3) is 7.98. The summed E-state index contributed by atoms with van der Waals surface area (Å²) in [4.78, 5) is 30.2. The molecule has 2 aromatic heterocycles. The largest absolute Gasteiger partial charge is 0.438 e. The van der Waals surface area contributed by atoms with Gasteiger partial charge in [-0.25, -0.2) is 15.0 Å². The Bertz CT molecular complexity index is 1580. The molecule has 0 atom stereocenters. The Labute approximate surface area is 248 Å². The monoisotopic (exact) mass is 593 g/mol. The first-order valence-corrected chi connectivity index (χ1v) is 13.6. The minimum atomic E-state index is -4.57. The van der Waals surface area contributed by atoms with E-state index in [4.69, 9.17) is 4.74 Å². The van der Waals surface area contributed by atoms with Crippen molar-refractivity contribution < 1.29 is 22.7 Å². The van der Waals surface area contributed by atoms with E-state index >= 15 is 0 Å². The summed E-state index contributed by atoms with van der Waals surface area (Å²) in [5, 5.41) is 5.59. The summed E-state index contributed by atoms with van der Waals surface area (Å²) >= 11 is 0. The van der Waals surface area contributed by atoms with Crippen molar-refractivity contribution in [2.45, 2.75) is 19.5 Å². The molecular weight excluding hydrogens is 559 g/mol. The van der Waals surface area contributed by atoms with Crippen LogP contribution in [0.15, 0.2) is 67.0 Å². The van der Waals surface area contributed by atoms with Gasteiger partial charge in [-0.3, -0.25) is 4.79 Å². The lowest BCUT2D eigenvalue weighted by Gasteiger charge is -2.24. The standard InChI is InChI=1S/C31H34F3N7O2/c1-20-9-10-21(18-27(20)43-29-23(8-6-14-36-29)24-13-15-37-30(35-2)39-24)28(42)38-25-19-22(31(32,33)34)11-12-26(25)41(5)17-7-16-40(3)4/h6,8-15,18-19H,7,16-17H2,1-5H3,(H,38,42)(H,35,37,39). The summed E-state index contributed by atoms with van der Waals surface area (Å²) in [6, 6.07) is 13.5. The highest BCUT2D eigenvalue weighted by Crippen LogP contribution is 2.36. The molecule has 4 rings (SSSR count). The summed E-state index contributed by atoms with van der Waals surface area (Å²) in [5.74, 6) is 0.478. The van der Waals surface area contributed by atoms with Crippen molar-refractivity contribution in [1.29, 1.82) is 0 Å². The van der Waals surface area contributed by atoms with Gasteiger partial charge < -0.3 is 25.2 Å². The summed E-state index contributed by atoms with van der Waals surface area (Å²) in [6.07, 6.45) is -0.584. The molecule has 12 heteroatoms. The molecule has 2 aromatic carbocycles. The van der Waals surface area contributed by atoms with E-state index in [1.54, 1.807) is 56.8 Å². The molecule has 0 spiro atoms. The number of pyridine rings is 1. The highest BCUT2D eigenvalue weighted by atomic mass is 19.4. The van der Waals surface area contributed by atoms with Gasteiger partial charge in [0, 0.05) is 38.6 Å². The molecule has 0 bridgehead atoms. The zero-order valence-corrected chi connectivity index (χ0v) is 24.7. The van der Waals surface area contributed by atoms with Crippen molar-refractivity contribution in [3.63, 3.8) is 0 Å². The van der Waals surface area contributed by atoms with Crippen LogP contribution >= 0.6 is 0 Å². The van der Waals surface area contributed by atoms with Crippen molar-refractivity contribution in [1.82, 2.24) is 19.9 Å². The fourth-order valence-corrected chi connectivity index (χ4v) is 4.34. The molecule has 2 N–H and O–H groups in total. The van der Waals surface area contributed by atoms with Crippen LogP contribution in [0.2, 0.25) is 0 Å². The van der Waals surface area contributed by atoms with Crippen LogP contribution in [0.25, 0.3) is 11.3 Å². The van der Waals surface area contributed by atoms with Crippen LogP contribution in [0.1, 0.15) is 27.9 Å². The number of amides is 1. The smallest absolute Gasteiger partial charge is 0.416 e. The number of rotatable bonds is 11. The number of alkyl halides is 3. The van der Waals surface area contributed by atoms with Crippen LogP contribution in [0, 0.1) is 6.92 Å². The summed E-state index contributed by atoms with van der Waals surface area (Å²) in [7, 11) is 7.40. The molecule has 0 saturated heterocycles. The van der Waals surface area contributed by atoms with Gasteiger partial charge in [-0.2, -0.15) is 13.2 Å². The average Bonchev–Trinajstić information content (AvgIpc) is 2.97. The number of hydrogen-bond donors (Lipinski definition) is 2. The molecule has 1 amide bonds. The number of halogens is 3. The molecule has 43 heavy (non-hydrogen) atoms. The van der Waals surface area contributed by atoms with Gasteiger partial charge in [-0.05, 0) is 88.1 Å². The van der Waals surface area contributed by atoms with Crippen LogP contribution in [0.5, 0.6) is 11.6 Å². The Morgan fingerprint density at radius 2 is 1.77 bits per heavy atom. The second-order valence-corrected chi connectivity index (χ2v) is 10.2. The van der Waals surface area contributed by atoms with Crippen LogP contribution in [0.4, 0.5) is 30.5 Å². The Hall–Kier alpha value is -4.71. The Kier molecular flexibility index (Phi) is 9.81. The van der Waals surface area contributed by atoms with Gasteiger partial charge >= 0.3 is 6.18 Å². The van der Waals surface area contributed by atoms with Gasteiger partial charge in [0.1, 0.15) is 5.75 Å². The van der Waals surface area contributed by atoms with Gasteiger partial charge in [0.25, 0.3) is 5.91 Å². The van der Waals surface area contributed by atoms with E-state index < -0.39 is 17.6 Å². The highest BCUT2D eigenvalue weighted by molar-refractivity contribution is 6.06. The van der Waals surface area contributed by atoms with Crippen LogP contribution in [0.3, 0.4) is 0 Å². The first kappa shape index (κ1) is 31.2. The van der Waals surface area contributed by atoms with Gasteiger partial charge in [-0.1, -0.05) is 6.07 Å². The van der Waals surface area contributed by atoms with Gasteiger partial charge in [-0.15, -0.1) is 0 Å². The molecule has 0 fully saturated rings. The maximum atomic E-state index is 13.6. The average molecular weight is 594 g/mol. The van der Waals surface area contributed by atoms with Gasteiger partial charge in [0.15, 0.2) is 0 Å². The second-order valence-electron chi connectivity index (χ2n) is 10.2. The number of nitrogens with zero attached hydrogens (tertiary/aromatic N) is 5. The van der Waals surface area contributed by atoms with Crippen LogP contribution in [-0.2, 0) is 6.18 Å². The predicted octanol–water partition coefficient (Wildman–Crippen LogP) is 6.34. The normalized spacial score (nSPS) is 11.4. The van der Waals surface area contributed by atoms with Crippen LogP contribution in [-0.4, -0.2) is 67.0 Å². The van der Waals surface area contributed by atoms with E-state index in [-0.39, 0.29) is 17.1 Å². The van der Waals surface area contributed by atoms with E-state index in [1.807, 2.05) is 30.8 Å². The molecule has 0 saturated carbocycles. The number of ether oxygens (including phenoxy) is 1. The first-order chi connectivity index (χ1) is 20.5. The van der Waals surface area contributed by atoms with Crippen molar-refractivity contribution in [3.8, 4) is 22.9 Å². The third-order valence-electron chi connectivity index (χ3n) is 6.67. The van der Waals surface area contributed by atoms with E-state index in [1.165, 1.54) is 12.1 Å². The van der Waals surface area contributed by atoms with E-state index in [0.29, 0.717) is 35.2 Å². The fourth-order valence-electron chi connectivity index (χ4n) is 4.34. The number of hydrogen-bond acceptors (Lipinski definition) is 8. The number of aromatic nitrogens is 3. The Balaban J connectivity index is 1.62. The second kappa shape index (κ2) is 13.5. The summed E-state index contributed by atoms with van der Waals surface area (Å²) in [6.45, 7) is 3.21. The van der Waals surface area contributed by atoms with Gasteiger partial charge in [0.05, 0.1) is 28.2 Å². The summed E-state index contributed by atoms with van der Waals surface area (Å²) in [5.41, 5.74) is 1.82. The van der Waals surface area contributed by atoms with Crippen molar-refractivity contribution in [2.75, 3.05) is 56.8 Å². The number of carbonyl (C=O) groups excluding carboxylic acids is 1. The molecule has 0 aliphatic heterocycles. The molecule has 226 valence electrons. The quantitative estimate of drug-likeness (QED) is 0.208. The first-order valence-electron chi connectivity index (χ1n) is 13.6. The molecule has 0 unspecified atom stereocenters. The van der Waals surface area contributed by atoms with Crippen molar-refractivity contribution >= 4 is 23.2 Å². The lowest BCUT2D eigenvalue weighted by Crippen LogP contribution is -2.25. The Morgan fingerprint density at radius 1 is 0.977 bits per heavy atom. The molecule has 4 aromatic rings. The zero-order chi connectivity index (χ0) is 31.1. The molecule has 2 heterocycles. The SMILES string of the molecule is CNc1nccc(-c2cccnc2Oc2cc(C(=O)Nc3cc(C(F)(F)F)ccc3N(C)CCCN(C)C)ccc2C)n1. The minimum Gasteiger partial charge on any atom is -0.438 e. The highest BCUT2D eigenvalue weighted by Gasteiger charge is 2.31. The van der Waals surface area contributed by atoms with Crippen LogP contribution < -0.4 is 20.3 Å². The topological polar surface area (TPSA) is 95.5 Å². The number of benzene rings is 2. The minimum absolute atomic E-state index is 0.0614. The third-order valence-corrected chi connectivity index (χ3v) is 6.67. The molecule has 0 aliphatic rings. The lowest BCUT2D eigenvalue weighted by molar-refractivity contribution is -0.137. The number of aryl methyl sites for hydroxylation is 1. The van der Waals surface area contributed by atoms with E-state index in [0.717, 1.165) is 30.7 Å². The molecule has 0 aliphatic carbocycles. The maximum Gasteiger partial charge on any atom is 0.416 e. The maximum absolute atomic E-state index is 13.6. The lowest BCUT2D eigenvalue weighted by atomic mass is 10.1. The zero-order valence-electron chi connectivity index (χ0n) is 24.7. The predicted molar refractivity (Wildman–Crippen MR) is 162 cm³/mol. The van der Waals surface area contributed by atoms with Gasteiger partial charge in [0.2, 0.25) is 11.8 Å². The fraction of sp³-hybridized carbons (Fsp3) is 0.290. The van der Waals surface area contributed by atoms with E-state index in [9.17, 15) is 18.0 Å². The van der Waals surface area contributed by atoms with E-state index in [2.05, 4.69) is 25.6 Å². The summed E-state index contributed by atoms with van der Waals surface area (Å²) < 4.78 is 46.9. The number of carbonyl (C=O) groups is 1. The molecule has 9 nitrogen and oxygen atoms in total. The molecule has 0 radical (unpaired) electrons. The Morgan fingerprint density at radius 3 is 2.49 bits per heavy atom.